The molecule has 0 aromatic heterocycles. The van der Waals surface area contributed by atoms with Crippen LogP contribution in [0.25, 0.3) is 0 Å². The first kappa shape index (κ1) is 109. The van der Waals surface area contributed by atoms with E-state index in [1.54, 1.807) is 0 Å². The Balaban J connectivity index is 2.81. The summed E-state index contributed by atoms with van der Waals surface area (Å²) in [6.45, 7) is 14.0. The predicted molar refractivity (Wildman–Crippen MR) is 492 cm³/mol. The van der Waals surface area contributed by atoms with Crippen molar-refractivity contribution in [1.82, 2.24) is 0 Å². The Morgan fingerprint density at radius 2 is 0.286 bits per heavy atom. The van der Waals surface area contributed by atoms with Gasteiger partial charge in [0.05, 0.1) is 50.8 Å². The average Bonchev–Trinajstić information content (AvgIpc) is 0.839. The van der Waals surface area contributed by atoms with Crippen LogP contribution in [0.15, 0.2) is 24.3 Å². The van der Waals surface area contributed by atoms with Crippen LogP contribution in [0, 0.1) is 0 Å². The largest absolute Gasteiger partial charge is 0.389 e. The van der Waals surface area contributed by atoms with Crippen LogP contribution in [0.5, 0.6) is 0 Å². The zero-order valence-corrected chi connectivity index (χ0v) is 76.2. The highest BCUT2D eigenvalue weighted by molar-refractivity contribution is 5.57. The van der Waals surface area contributed by atoms with Gasteiger partial charge < -0.3 is 49.2 Å². The smallest absolute Gasteiger partial charge is 0.0948 e. The number of unbranched alkanes of at least 4 members (excludes halogenated alkanes) is 72. The summed E-state index contributed by atoms with van der Waals surface area (Å²) >= 11 is 0. The number of nitrogens with zero attached hydrogens (tertiary/aromatic N) is 2. The maximum Gasteiger partial charge on any atom is 0.0948 e. The van der Waals surface area contributed by atoms with Crippen LogP contribution >= 0.6 is 0 Å². The number of aliphatic hydroxyl groups is 4. The number of ether oxygens (including phenoxy) is 4. The minimum absolute atomic E-state index is 0.243. The third kappa shape index (κ3) is 80.9. The van der Waals surface area contributed by atoms with E-state index >= 15 is 0 Å². The van der Waals surface area contributed by atoms with Gasteiger partial charge >= 0.3 is 0 Å². The molecule has 0 amide bonds. The van der Waals surface area contributed by atoms with Crippen LogP contribution in [-0.4, -0.2) is 124 Å². The molecule has 0 radical (unpaired) electrons. The first-order valence-corrected chi connectivity index (χ1v) is 51.0. The second kappa shape index (κ2) is 91.8. The molecular weight excluding hydrogens is 1380 g/mol. The van der Waals surface area contributed by atoms with E-state index in [-0.39, 0.29) is 26.4 Å². The minimum atomic E-state index is -0.739. The molecule has 0 aliphatic heterocycles. The standard InChI is InChI=1S/C102H200N2O8/c1-5-9-13-17-21-25-29-33-37-41-45-49-53-57-61-65-69-73-77-85-109-93-99(105)89-103(90-100(106)94-110-86-78-74-70-66-62-58-54-50-46-42-38-34-30-26-22-18-14-10-6-2)97-81-83-98(84-82-97)104(91-101(107)95-111-87-79-75-71-67-63-59-55-51-47-43-39-35-31-27-23-19-15-11-7-3)92-102(108)96-112-88-80-76-72-68-64-60-56-52-48-44-40-36-32-28-24-20-16-12-8-4/h81-84,99-102,105-108H,5-80,85-96H2,1-4H3. The van der Waals surface area contributed by atoms with Gasteiger partial charge in [-0.05, 0) is 49.9 Å². The van der Waals surface area contributed by atoms with Gasteiger partial charge in [-0.25, -0.2) is 0 Å². The highest BCUT2D eigenvalue weighted by Crippen LogP contribution is 2.26. The second-order valence-corrected chi connectivity index (χ2v) is 35.7. The molecule has 0 aliphatic carbocycles. The summed E-state index contributed by atoms with van der Waals surface area (Å²) in [4.78, 5) is 4.13. The monoisotopic (exact) mass is 1580 g/mol. The molecule has 0 aliphatic rings. The van der Waals surface area contributed by atoms with Crippen LogP contribution in [0.2, 0.25) is 0 Å². The molecule has 1 aromatic carbocycles. The molecule has 112 heavy (non-hydrogen) atoms. The summed E-state index contributed by atoms with van der Waals surface area (Å²) in [6, 6.07) is 8.19. The third-order valence-electron chi connectivity index (χ3n) is 24.1. The van der Waals surface area contributed by atoms with Crippen molar-refractivity contribution in [3.63, 3.8) is 0 Å². The van der Waals surface area contributed by atoms with E-state index in [4.69, 9.17) is 18.9 Å². The first-order valence-electron chi connectivity index (χ1n) is 51.0. The van der Waals surface area contributed by atoms with Gasteiger partial charge in [-0.15, -0.1) is 0 Å². The van der Waals surface area contributed by atoms with Crippen molar-refractivity contribution in [2.45, 2.75) is 540 Å². The Morgan fingerprint density at radius 1 is 0.179 bits per heavy atom. The van der Waals surface area contributed by atoms with E-state index in [2.05, 4.69) is 37.5 Å². The SMILES string of the molecule is CCCCCCCCCCCCCCCCCCCCCOCC(O)CN(CC(O)COCCCCCCCCCCCCCCCCCCCCC)c1ccc(N(CC(O)COCCCCCCCCCCCCCCCCCCCCC)CC(O)COCCCCCCCCCCCCCCCCCCCCC)cc1. The molecule has 0 saturated carbocycles. The fourth-order valence-electron chi connectivity index (χ4n) is 16.7. The Bertz CT molecular complexity index is 1640. The topological polar surface area (TPSA) is 124 Å². The average molecular weight is 1580 g/mol. The van der Waals surface area contributed by atoms with Gasteiger partial charge in [0.1, 0.15) is 0 Å². The van der Waals surface area contributed by atoms with Gasteiger partial charge in [0.25, 0.3) is 0 Å². The van der Waals surface area contributed by atoms with Gasteiger partial charge in [-0.3, -0.25) is 0 Å². The lowest BCUT2D eigenvalue weighted by atomic mass is 10.0. The van der Waals surface area contributed by atoms with Crippen molar-refractivity contribution in [3.8, 4) is 0 Å². The number of benzene rings is 1. The molecular formula is C102H200N2O8. The zero-order chi connectivity index (χ0) is 80.5. The summed E-state index contributed by atoms with van der Waals surface area (Å²) in [5.41, 5.74) is 1.76. The fraction of sp³-hybridized carbons (Fsp3) is 0.941. The van der Waals surface area contributed by atoms with Crippen molar-refractivity contribution in [1.29, 1.82) is 0 Å². The Kier molecular flexibility index (Phi) is 88.9. The van der Waals surface area contributed by atoms with Crippen LogP contribution < -0.4 is 9.80 Å². The van der Waals surface area contributed by atoms with E-state index < -0.39 is 24.4 Å². The summed E-state index contributed by atoms with van der Waals surface area (Å²) in [7, 11) is 0. The molecule has 666 valence electrons. The molecule has 1 rings (SSSR count). The molecule has 1 aromatic rings. The Labute approximate surface area is 700 Å². The molecule has 0 fully saturated rings. The lowest BCUT2D eigenvalue weighted by molar-refractivity contribution is 0.0282. The lowest BCUT2D eigenvalue weighted by Gasteiger charge is -2.32. The van der Waals surface area contributed by atoms with Gasteiger partial charge in [0, 0.05) is 64.0 Å². The van der Waals surface area contributed by atoms with Gasteiger partial charge in [-0.1, -0.05) is 490 Å². The number of anilines is 2. The second-order valence-electron chi connectivity index (χ2n) is 35.7. The molecule has 0 bridgehead atoms. The van der Waals surface area contributed by atoms with E-state index in [0.29, 0.717) is 52.6 Å². The number of hydrogen-bond donors (Lipinski definition) is 4. The Hall–Kier alpha value is -1.50. The van der Waals surface area contributed by atoms with Crippen LogP contribution in [-0.2, 0) is 18.9 Å². The van der Waals surface area contributed by atoms with Crippen LogP contribution in [0.3, 0.4) is 0 Å². The number of hydrogen-bond acceptors (Lipinski definition) is 10. The number of rotatable bonds is 98. The lowest BCUT2D eigenvalue weighted by Crippen LogP contribution is -2.42. The number of aliphatic hydroxyl groups excluding tert-OH is 4. The molecule has 4 unspecified atom stereocenters. The van der Waals surface area contributed by atoms with Crippen LogP contribution in [0.4, 0.5) is 11.4 Å². The third-order valence-corrected chi connectivity index (χ3v) is 24.1. The molecule has 4 N–H and O–H groups in total. The molecule has 10 nitrogen and oxygen atoms in total. The molecule has 0 spiro atoms. The van der Waals surface area contributed by atoms with Crippen molar-refractivity contribution in [2.24, 2.45) is 0 Å². The first-order chi connectivity index (χ1) is 55.3. The predicted octanol–water partition coefficient (Wildman–Crippen LogP) is 30.5. The fourth-order valence-corrected chi connectivity index (χ4v) is 16.7. The van der Waals surface area contributed by atoms with E-state index in [1.165, 1.54) is 437 Å². The molecule has 0 heterocycles. The van der Waals surface area contributed by atoms with Crippen molar-refractivity contribution >= 4 is 11.4 Å². The quantitative estimate of drug-likeness (QED) is 0.0469. The van der Waals surface area contributed by atoms with E-state index in [1.807, 2.05) is 24.3 Å². The molecule has 4 atom stereocenters. The zero-order valence-electron chi connectivity index (χ0n) is 76.2. The normalized spacial score (nSPS) is 12.9. The minimum Gasteiger partial charge on any atom is -0.389 e. The maximum atomic E-state index is 11.5. The highest BCUT2D eigenvalue weighted by atomic mass is 16.5. The Morgan fingerprint density at radius 3 is 0.402 bits per heavy atom. The van der Waals surface area contributed by atoms with E-state index in [9.17, 15) is 20.4 Å². The van der Waals surface area contributed by atoms with Crippen molar-refractivity contribution in [3.05, 3.63) is 24.3 Å². The van der Waals surface area contributed by atoms with E-state index in [0.717, 1.165) is 62.7 Å². The summed E-state index contributed by atoms with van der Waals surface area (Å²) in [5, 5.41) is 46.2. The maximum absolute atomic E-state index is 11.5. The summed E-state index contributed by atoms with van der Waals surface area (Å²) in [6.07, 6.45) is 99.9. The molecule has 0 saturated heterocycles. The summed E-state index contributed by atoms with van der Waals surface area (Å²) in [5.74, 6) is 0. The van der Waals surface area contributed by atoms with Gasteiger partial charge in [0.2, 0.25) is 0 Å². The van der Waals surface area contributed by atoms with Crippen molar-refractivity contribution in [2.75, 3.05) is 88.8 Å². The van der Waals surface area contributed by atoms with Crippen LogP contribution in [0.1, 0.15) is 516 Å². The van der Waals surface area contributed by atoms with Gasteiger partial charge in [-0.2, -0.15) is 0 Å². The van der Waals surface area contributed by atoms with Crippen molar-refractivity contribution < 1.29 is 39.4 Å². The summed E-state index contributed by atoms with van der Waals surface area (Å²) < 4.78 is 24.5. The van der Waals surface area contributed by atoms with Gasteiger partial charge in [0.15, 0.2) is 0 Å². The highest BCUT2D eigenvalue weighted by Gasteiger charge is 2.21. The molecule has 10 heteroatoms.